The number of benzene rings is 2. The molecule has 2 heterocycles. The van der Waals surface area contributed by atoms with E-state index in [9.17, 15) is 18.0 Å². The molecule has 2 aromatic heterocycles. The molecule has 1 N–H and O–H groups in total. The average Bonchev–Trinajstić information content (AvgIpc) is 3.63. The molecule has 1 unspecified atom stereocenters. The van der Waals surface area contributed by atoms with Gasteiger partial charge in [-0.25, -0.2) is 4.68 Å². The first kappa shape index (κ1) is 26.1. The van der Waals surface area contributed by atoms with E-state index in [1.54, 1.807) is 54.9 Å². The number of nitrogens with zero attached hydrogens (tertiary/aromatic N) is 4. The molecule has 1 saturated carbocycles. The molecular formula is C29H25F3N5O2+. The number of hydrogen-bond acceptors (Lipinski definition) is 4. The summed E-state index contributed by atoms with van der Waals surface area (Å²) in [5, 5.41) is 6.41. The third-order valence-corrected chi connectivity index (χ3v) is 6.29. The summed E-state index contributed by atoms with van der Waals surface area (Å²) in [6.07, 6.45) is 0.526. The summed E-state index contributed by atoms with van der Waals surface area (Å²) in [6, 6.07) is 18.0. The molecule has 198 valence electrons. The highest BCUT2D eigenvalue weighted by Crippen LogP contribution is 2.34. The minimum absolute atomic E-state index is 0.163. The average molecular weight is 533 g/mol. The van der Waals surface area contributed by atoms with Gasteiger partial charge in [0.15, 0.2) is 5.69 Å². The van der Waals surface area contributed by atoms with Crippen LogP contribution in [0.5, 0.6) is 0 Å². The number of halogens is 3. The van der Waals surface area contributed by atoms with Crippen LogP contribution in [0, 0.1) is 12.5 Å². The number of alkyl halides is 3. The Morgan fingerprint density at radius 3 is 2.62 bits per heavy atom. The largest absolute Gasteiger partial charge is 0.435 e. The van der Waals surface area contributed by atoms with Gasteiger partial charge in [0, 0.05) is 35.3 Å². The molecule has 7 nitrogen and oxygen atoms in total. The minimum Gasteiger partial charge on any atom is -0.368 e. The Bertz CT molecular complexity index is 1510. The van der Waals surface area contributed by atoms with Gasteiger partial charge in [-0.05, 0) is 54.7 Å². The third kappa shape index (κ3) is 6.33. The molecule has 4 aromatic rings. The molecule has 5 rings (SSSR count). The third-order valence-electron chi connectivity index (χ3n) is 6.29. The number of hydrogen-bond donors (Lipinski definition) is 1. The molecule has 0 saturated heterocycles. The molecule has 1 amide bonds. The van der Waals surface area contributed by atoms with E-state index in [1.165, 1.54) is 0 Å². The lowest BCUT2D eigenvalue weighted by atomic mass is 10.0. The van der Waals surface area contributed by atoms with Gasteiger partial charge in [0.2, 0.25) is 0 Å². The number of aromatic nitrogens is 3. The quantitative estimate of drug-likeness (QED) is 0.267. The summed E-state index contributed by atoms with van der Waals surface area (Å²) in [4.78, 5) is 21.1. The number of rotatable bonds is 9. The highest BCUT2D eigenvalue weighted by Gasteiger charge is 2.36. The van der Waals surface area contributed by atoms with Gasteiger partial charge in [0.25, 0.3) is 19.0 Å². The Morgan fingerprint density at radius 2 is 1.90 bits per heavy atom. The molecular weight excluding hydrogens is 507 g/mol. The van der Waals surface area contributed by atoms with E-state index in [1.807, 2.05) is 18.2 Å². The SMILES string of the molecule is C#[N+]Cc1cccc(-n2nc(C(F)(F)F)cc2C(=O)Nc2cccc(C(OCC3CC3)c3cccnc3)c2)c1. The first-order chi connectivity index (χ1) is 18.8. The van der Waals surface area contributed by atoms with Gasteiger partial charge in [0.05, 0.1) is 12.3 Å². The van der Waals surface area contributed by atoms with E-state index >= 15 is 0 Å². The van der Waals surface area contributed by atoms with Crippen LogP contribution in [0.4, 0.5) is 18.9 Å². The monoisotopic (exact) mass is 532 g/mol. The molecule has 0 bridgehead atoms. The maximum Gasteiger partial charge on any atom is 0.435 e. The van der Waals surface area contributed by atoms with Crippen molar-refractivity contribution in [1.29, 1.82) is 0 Å². The molecule has 1 atom stereocenters. The summed E-state index contributed by atoms with van der Waals surface area (Å²) in [5.41, 5.74) is 1.52. The second-order valence-electron chi connectivity index (χ2n) is 9.36. The summed E-state index contributed by atoms with van der Waals surface area (Å²) >= 11 is 0. The van der Waals surface area contributed by atoms with Crippen LogP contribution < -0.4 is 5.32 Å². The van der Waals surface area contributed by atoms with Crippen LogP contribution in [-0.2, 0) is 17.5 Å². The molecule has 10 heteroatoms. The second-order valence-corrected chi connectivity index (χ2v) is 9.36. The molecule has 39 heavy (non-hydrogen) atoms. The molecule has 0 radical (unpaired) electrons. The van der Waals surface area contributed by atoms with Crippen LogP contribution in [0.25, 0.3) is 10.5 Å². The smallest absolute Gasteiger partial charge is 0.368 e. The second kappa shape index (κ2) is 11.1. The van der Waals surface area contributed by atoms with Gasteiger partial charge in [-0.3, -0.25) is 9.78 Å². The fourth-order valence-electron chi connectivity index (χ4n) is 4.18. The number of anilines is 1. The van der Waals surface area contributed by atoms with Crippen molar-refractivity contribution in [2.45, 2.75) is 31.7 Å². The highest BCUT2D eigenvalue weighted by atomic mass is 19.4. The Balaban J connectivity index is 1.45. The molecule has 0 spiro atoms. The van der Waals surface area contributed by atoms with Crippen molar-refractivity contribution in [2.75, 3.05) is 11.9 Å². The molecule has 0 aliphatic heterocycles. The number of ether oxygens (including phenoxy) is 1. The zero-order valence-electron chi connectivity index (χ0n) is 20.8. The van der Waals surface area contributed by atoms with Gasteiger partial charge in [-0.15, -0.1) is 0 Å². The summed E-state index contributed by atoms with van der Waals surface area (Å²) in [7, 11) is 0. The summed E-state index contributed by atoms with van der Waals surface area (Å²) < 4.78 is 47.9. The van der Waals surface area contributed by atoms with Gasteiger partial charge >= 0.3 is 6.18 Å². The van der Waals surface area contributed by atoms with Gasteiger partial charge < -0.3 is 10.1 Å². The van der Waals surface area contributed by atoms with Crippen molar-refractivity contribution < 1.29 is 22.7 Å². The van der Waals surface area contributed by atoms with E-state index in [0.717, 1.165) is 34.7 Å². The number of carbonyl (C=O) groups excluding carboxylic acids is 1. The highest BCUT2D eigenvalue weighted by molar-refractivity contribution is 6.03. The first-order valence-corrected chi connectivity index (χ1v) is 12.4. The van der Waals surface area contributed by atoms with Crippen LogP contribution in [0.2, 0.25) is 0 Å². The number of nitrogens with one attached hydrogen (secondary N) is 1. The number of pyridine rings is 1. The zero-order chi connectivity index (χ0) is 27.4. The zero-order valence-corrected chi connectivity index (χ0v) is 20.8. The molecule has 1 fully saturated rings. The van der Waals surface area contributed by atoms with Crippen molar-refractivity contribution in [2.24, 2.45) is 5.92 Å². The normalized spacial score (nSPS) is 14.0. The lowest BCUT2D eigenvalue weighted by molar-refractivity contribution is -0.141. The Morgan fingerprint density at radius 1 is 1.10 bits per heavy atom. The van der Waals surface area contributed by atoms with E-state index < -0.39 is 23.9 Å². The fraction of sp³-hybridized carbons (Fsp3) is 0.241. The lowest BCUT2D eigenvalue weighted by Gasteiger charge is -2.19. The van der Waals surface area contributed by atoms with Crippen molar-refractivity contribution in [3.8, 4) is 12.3 Å². The standard InChI is InChI=1S/C29H24F3N5O2/c1-33-16-20-5-2-9-24(13-20)37-25(15-26(36-37)29(30,31)32)28(38)35-23-8-3-6-21(14-23)27(39-18-19-10-11-19)22-7-4-12-34-17-22/h1-9,12-15,17,19,27H,10-11,16,18H2/p+1. The van der Waals surface area contributed by atoms with Crippen molar-refractivity contribution >= 4 is 11.6 Å². The van der Waals surface area contributed by atoms with Crippen molar-refractivity contribution in [3.05, 3.63) is 112 Å². The fourth-order valence-corrected chi connectivity index (χ4v) is 4.18. The van der Waals surface area contributed by atoms with Crippen LogP contribution in [0.1, 0.15) is 51.8 Å². The van der Waals surface area contributed by atoms with E-state index in [4.69, 9.17) is 11.3 Å². The van der Waals surface area contributed by atoms with Crippen LogP contribution in [-0.4, -0.2) is 27.3 Å². The topological polar surface area (TPSA) is 73.4 Å². The number of carbonyl (C=O) groups is 1. The van der Waals surface area contributed by atoms with E-state index in [-0.39, 0.29) is 17.9 Å². The summed E-state index contributed by atoms with van der Waals surface area (Å²) in [5.74, 6) is -0.215. The molecule has 1 aliphatic rings. The molecule has 2 aromatic carbocycles. The van der Waals surface area contributed by atoms with Crippen LogP contribution in [0.3, 0.4) is 0 Å². The van der Waals surface area contributed by atoms with Crippen LogP contribution in [0.15, 0.2) is 79.1 Å². The summed E-state index contributed by atoms with van der Waals surface area (Å²) in [6.45, 7) is 6.03. The lowest BCUT2D eigenvalue weighted by Crippen LogP contribution is -2.17. The van der Waals surface area contributed by atoms with Gasteiger partial charge in [-0.1, -0.05) is 35.2 Å². The maximum atomic E-state index is 13.6. The van der Waals surface area contributed by atoms with E-state index in [2.05, 4.69) is 20.2 Å². The predicted octanol–water partition coefficient (Wildman–Crippen LogP) is 6.52. The Kier molecular flexibility index (Phi) is 7.43. The van der Waals surface area contributed by atoms with Gasteiger partial charge in [0.1, 0.15) is 11.8 Å². The number of amides is 1. The minimum atomic E-state index is -4.74. The molecule has 1 aliphatic carbocycles. The predicted molar refractivity (Wildman–Crippen MR) is 140 cm³/mol. The van der Waals surface area contributed by atoms with E-state index in [0.29, 0.717) is 23.8 Å². The maximum absolute atomic E-state index is 13.6. The van der Waals surface area contributed by atoms with Crippen LogP contribution >= 0.6 is 0 Å². The van der Waals surface area contributed by atoms with Crippen molar-refractivity contribution in [1.82, 2.24) is 14.8 Å². The van der Waals surface area contributed by atoms with Gasteiger partial charge in [-0.2, -0.15) is 18.3 Å². The Hall–Kier alpha value is -4.49. The Labute approximate surface area is 223 Å². The van der Waals surface area contributed by atoms with Crippen molar-refractivity contribution in [3.63, 3.8) is 0 Å². The first-order valence-electron chi connectivity index (χ1n) is 12.4.